The van der Waals surface area contributed by atoms with Gasteiger partial charge in [-0.3, -0.25) is 4.79 Å². The number of urea groups is 1. The lowest BCUT2D eigenvalue weighted by Crippen LogP contribution is -2.50. The molecule has 1 aromatic heterocycles. The Hall–Kier alpha value is -2.05. The Kier molecular flexibility index (Phi) is 4.28. The van der Waals surface area contributed by atoms with E-state index in [0.717, 1.165) is 19.4 Å². The van der Waals surface area contributed by atoms with Crippen LogP contribution in [0.15, 0.2) is 4.52 Å². The number of aryl methyl sites for hydroxylation is 1. The van der Waals surface area contributed by atoms with Crippen LogP contribution >= 0.6 is 0 Å². The first-order valence-corrected chi connectivity index (χ1v) is 8.29. The van der Waals surface area contributed by atoms with Crippen molar-refractivity contribution in [2.75, 3.05) is 26.2 Å². The third-order valence-electron chi connectivity index (χ3n) is 4.64. The molecule has 7 heteroatoms. The number of aromatic nitrogens is 1. The van der Waals surface area contributed by atoms with Crippen LogP contribution in [0.25, 0.3) is 0 Å². The molecule has 23 heavy (non-hydrogen) atoms. The molecule has 1 aromatic rings. The molecule has 7 nitrogen and oxygen atoms in total. The second-order valence-corrected chi connectivity index (χ2v) is 6.63. The number of rotatable bonds is 3. The van der Waals surface area contributed by atoms with E-state index in [9.17, 15) is 9.59 Å². The van der Waals surface area contributed by atoms with E-state index in [1.54, 1.807) is 6.92 Å². The van der Waals surface area contributed by atoms with Gasteiger partial charge in [0.15, 0.2) is 5.76 Å². The molecule has 2 fully saturated rings. The lowest BCUT2D eigenvalue weighted by Gasteiger charge is -2.37. The number of nitrogens with zero attached hydrogens (tertiary/aromatic N) is 3. The second-order valence-electron chi connectivity index (χ2n) is 6.63. The lowest BCUT2D eigenvalue weighted by molar-refractivity contribution is 0.0631. The molecule has 0 unspecified atom stereocenters. The standard InChI is InChI=1S/C16H24N4O3/c1-10(2)14-13(11(3)18-23-14)15(21)19-7-4-5-12(9-19)20-8-6-17-16(20)22/h10,12H,4-9H2,1-3H3,(H,17,22)/t12-/m1/s1. The number of hydrogen-bond donors (Lipinski definition) is 1. The van der Waals surface area contributed by atoms with Crippen molar-refractivity contribution >= 4 is 11.9 Å². The number of carbonyl (C=O) groups is 2. The Morgan fingerprint density at radius 2 is 2.17 bits per heavy atom. The topological polar surface area (TPSA) is 78.7 Å². The molecule has 3 amide bonds. The van der Waals surface area contributed by atoms with Crippen molar-refractivity contribution in [2.45, 2.75) is 45.6 Å². The third-order valence-corrected chi connectivity index (χ3v) is 4.64. The van der Waals surface area contributed by atoms with Crippen LogP contribution in [0.5, 0.6) is 0 Å². The fourth-order valence-corrected chi connectivity index (χ4v) is 3.43. The van der Waals surface area contributed by atoms with Gasteiger partial charge in [-0.2, -0.15) is 0 Å². The van der Waals surface area contributed by atoms with Crippen molar-refractivity contribution in [2.24, 2.45) is 0 Å². The Morgan fingerprint density at radius 3 is 2.83 bits per heavy atom. The van der Waals surface area contributed by atoms with Crippen LogP contribution < -0.4 is 5.32 Å². The Balaban J connectivity index is 1.77. The van der Waals surface area contributed by atoms with Gasteiger partial charge >= 0.3 is 6.03 Å². The summed E-state index contributed by atoms with van der Waals surface area (Å²) in [6.07, 6.45) is 1.85. The molecule has 126 valence electrons. The van der Waals surface area contributed by atoms with Crippen molar-refractivity contribution in [1.29, 1.82) is 0 Å². The molecule has 2 aliphatic heterocycles. The van der Waals surface area contributed by atoms with Crippen LogP contribution in [-0.2, 0) is 0 Å². The highest BCUT2D eigenvalue weighted by Gasteiger charge is 2.35. The fraction of sp³-hybridized carbons (Fsp3) is 0.688. The minimum Gasteiger partial charge on any atom is -0.360 e. The van der Waals surface area contributed by atoms with Crippen LogP contribution in [0.4, 0.5) is 4.79 Å². The van der Waals surface area contributed by atoms with Gasteiger partial charge in [0.1, 0.15) is 5.56 Å². The number of amides is 3. The molecule has 3 rings (SSSR count). The molecule has 1 atom stereocenters. The lowest BCUT2D eigenvalue weighted by atomic mass is 10.0. The van der Waals surface area contributed by atoms with Crippen LogP contribution in [0.3, 0.4) is 0 Å². The molecule has 0 bridgehead atoms. The van der Waals surface area contributed by atoms with Gasteiger partial charge in [-0.25, -0.2) is 4.79 Å². The molecule has 3 heterocycles. The zero-order valence-corrected chi connectivity index (χ0v) is 14.0. The zero-order valence-electron chi connectivity index (χ0n) is 14.0. The number of nitrogens with one attached hydrogen (secondary N) is 1. The average Bonchev–Trinajstić information content (AvgIpc) is 3.12. The SMILES string of the molecule is Cc1noc(C(C)C)c1C(=O)N1CCC[C@@H](N2CCNC2=O)C1. The number of piperidine rings is 1. The van der Waals surface area contributed by atoms with E-state index in [-0.39, 0.29) is 23.9 Å². The number of hydrogen-bond acceptors (Lipinski definition) is 4. The summed E-state index contributed by atoms with van der Waals surface area (Å²) in [6, 6.07) is 0.0752. The monoisotopic (exact) mass is 320 g/mol. The maximum Gasteiger partial charge on any atom is 0.317 e. The van der Waals surface area contributed by atoms with E-state index >= 15 is 0 Å². The van der Waals surface area contributed by atoms with Gasteiger partial charge in [-0.1, -0.05) is 19.0 Å². The molecule has 0 saturated carbocycles. The summed E-state index contributed by atoms with van der Waals surface area (Å²) in [6.45, 7) is 8.48. The molecule has 0 radical (unpaired) electrons. The predicted octanol–water partition coefficient (Wildman–Crippen LogP) is 1.74. The van der Waals surface area contributed by atoms with Crippen LogP contribution in [-0.4, -0.2) is 59.1 Å². The van der Waals surface area contributed by atoms with E-state index in [2.05, 4.69) is 10.5 Å². The normalized spacial score (nSPS) is 21.9. The quantitative estimate of drug-likeness (QED) is 0.920. The van der Waals surface area contributed by atoms with Crippen molar-refractivity contribution < 1.29 is 14.1 Å². The van der Waals surface area contributed by atoms with Gasteiger partial charge < -0.3 is 19.6 Å². The first kappa shape index (κ1) is 15.8. The average molecular weight is 320 g/mol. The molecule has 2 aliphatic rings. The molecular formula is C16H24N4O3. The summed E-state index contributed by atoms with van der Waals surface area (Å²) >= 11 is 0. The Labute approximate surface area is 136 Å². The maximum atomic E-state index is 13.0. The summed E-state index contributed by atoms with van der Waals surface area (Å²) in [4.78, 5) is 28.5. The van der Waals surface area contributed by atoms with E-state index in [1.807, 2.05) is 23.6 Å². The van der Waals surface area contributed by atoms with Crippen LogP contribution in [0.1, 0.15) is 54.4 Å². The van der Waals surface area contributed by atoms with E-state index in [0.29, 0.717) is 36.7 Å². The molecule has 0 aromatic carbocycles. The highest BCUT2D eigenvalue weighted by molar-refractivity contribution is 5.96. The minimum absolute atomic E-state index is 0.0201. The maximum absolute atomic E-state index is 13.0. The smallest absolute Gasteiger partial charge is 0.317 e. The minimum atomic E-state index is -0.0308. The first-order valence-electron chi connectivity index (χ1n) is 8.29. The van der Waals surface area contributed by atoms with Gasteiger partial charge in [-0.05, 0) is 19.8 Å². The van der Waals surface area contributed by atoms with Gasteiger partial charge in [0.25, 0.3) is 5.91 Å². The van der Waals surface area contributed by atoms with Crippen molar-refractivity contribution in [3.05, 3.63) is 17.0 Å². The van der Waals surface area contributed by atoms with Crippen molar-refractivity contribution in [3.63, 3.8) is 0 Å². The number of carbonyl (C=O) groups excluding carboxylic acids is 2. The second kappa shape index (κ2) is 6.22. The number of likely N-dealkylation sites (tertiary alicyclic amines) is 1. The molecule has 1 N–H and O–H groups in total. The zero-order chi connectivity index (χ0) is 16.6. The van der Waals surface area contributed by atoms with Gasteiger partial charge in [0.05, 0.1) is 11.7 Å². The van der Waals surface area contributed by atoms with Crippen molar-refractivity contribution in [3.8, 4) is 0 Å². The molecule has 0 spiro atoms. The first-order chi connectivity index (χ1) is 11.0. The predicted molar refractivity (Wildman–Crippen MR) is 84.4 cm³/mol. The van der Waals surface area contributed by atoms with Gasteiger partial charge in [-0.15, -0.1) is 0 Å². The van der Waals surface area contributed by atoms with Gasteiger partial charge in [0, 0.05) is 32.1 Å². The highest BCUT2D eigenvalue weighted by Crippen LogP contribution is 2.26. The van der Waals surface area contributed by atoms with Crippen molar-refractivity contribution in [1.82, 2.24) is 20.3 Å². The largest absolute Gasteiger partial charge is 0.360 e. The Morgan fingerprint density at radius 1 is 1.39 bits per heavy atom. The van der Waals surface area contributed by atoms with Crippen LogP contribution in [0, 0.1) is 6.92 Å². The van der Waals surface area contributed by atoms with Crippen LogP contribution in [0.2, 0.25) is 0 Å². The summed E-state index contributed by atoms with van der Waals surface area (Å²) in [5.41, 5.74) is 1.23. The third kappa shape index (κ3) is 2.92. The summed E-state index contributed by atoms with van der Waals surface area (Å²) in [5.74, 6) is 0.727. The van der Waals surface area contributed by atoms with Gasteiger partial charge in [0.2, 0.25) is 0 Å². The van der Waals surface area contributed by atoms with E-state index in [1.165, 1.54) is 0 Å². The van der Waals surface area contributed by atoms with E-state index < -0.39 is 0 Å². The van der Waals surface area contributed by atoms with E-state index in [4.69, 9.17) is 4.52 Å². The summed E-state index contributed by atoms with van der Waals surface area (Å²) in [7, 11) is 0. The molecule has 0 aliphatic carbocycles. The summed E-state index contributed by atoms with van der Waals surface area (Å²) in [5, 5.41) is 6.80. The molecular weight excluding hydrogens is 296 g/mol. The summed E-state index contributed by atoms with van der Waals surface area (Å²) < 4.78 is 5.34. The molecule has 2 saturated heterocycles. The Bertz CT molecular complexity index is 610. The fourth-order valence-electron chi connectivity index (χ4n) is 3.43. The highest BCUT2D eigenvalue weighted by atomic mass is 16.5.